The fraction of sp³-hybridized carbons (Fsp3) is 0.111. The average Bonchev–Trinajstić information content (AvgIpc) is 2.65. The normalized spacial score (nSPS) is 17.8. The summed E-state index contributed by atoms with van der Waals surface area (Å²) in [5, 5.41) is 18.0. The Morgan fingerprint density at radius 3 is 2.44 bits per heavy atom. The van der Waals surface area contributed by atoms with Gasteiger partial charge in [-0.1, -0.05) is 41.7 Å². The van der Waals surface area contributed by atoms with Gasteiger partial charge in [0.25, 0.3) is 0 Å². The summed E-state index contributed by atoms with van der Waals surface area (Å²) < 4.78 is 0. The van der Waals surface area contributed by atoms with Gasteiger partial charge in [0.1, 0.15) is 11.0 Å². The van der Waals surface area contributed by atoms with Gasteiger partial charge in [0.2, 0.25) is 0 Å². The van der Waals surface area contributed by atoms with Crippen molar-refractivity contribution in [1.29, 1.82) is 0 Å². The maximum atomic E-state index is 10.5. The van der Waals surface area contributed by atoms with Crippen molar-refractivity contribution in [3.8, 4) is 0 Å². The molecule has 0 saturated carbocycles. The first-order valence-corrected chi connectivity index (χ1v) is 4.60. The Labute approximate surface area is 119 Å². The van der Waals surface area contributed by atoms with Crippen LogP contribution in [0.5, 0.6) is 0 Å². The van der Waals surface area contributed by atoms with Crippen LogP contribution >= 0.6 is 12.2 Å². The molecule has 5 nitrogen and oxygen atoms in total. The van der Waals surface area contributed by atoms with E-state index in [2.05, 4.69) is 15.8 Å². The molecule has 1 aliphatic heterocycles. The fourth-order valence-electron chi connectivity index (χ4n) is 1.27. The zero-order chi connectivity index (χ0) is 10.8. The van der Waals surface area contributed by atoms with Gasteiger partial charge in [0.05, 0.1) is 5.97 Å². The first-order valence-electron chi connectivity index (χ1n) is 4.19. The van der Waals surface area contributed by atoms with Crippen molar-refractivity contribution in [3.05, 3.63) is 35.4 Å². The summed E-state index contributed by atoms with van der Waals surface area (Å²) >= 11 is 4.98. The Morgan fingerprint density at radius 1 is 1.38 bits per heavy atom. The van der Waals surface area contributed by atoms with Crippen molar-refractivity contribution in [2.45, 2.75) is 6.04 Å². The minimum Gasteiger partial charge on any atom is -0.545 e. The second-order valence-electron chi connectivity index (χ2n) is 3.00. The Kier molecular flexibility index (Phi) is 4.55. The van der Waals surface area contributed by atoms with E-state index in [4.69, 9.17) is 12.2 Å². The number of nitrogens with zero attached hydrogens (tertiary/aromatic N) is 2. The zero-order valence-corrected chi connectivity index (χ0v) is 11.3. The molecule has 76 valence electrons. The van der Waals surface area contributed by atoms with E-state index in [-0.39, 0.29) is 41.2 Å². The number of nitrogens with one attached hydrogen (secondary N) is 1. The van der Waals surface area contributed by atoms with E-state index in [0.29, 0.717) is 4.99 Å². The van der Waals surface area contributed by atoms with Crippen LogP contribution in [-0.2, 0) is 0 Å². The maximum absolute atomic E-state index is 10.5. The van der Waals surface area contributed by atoms with Crippen molar-refractivity contribution >= 4 is 23.2 Å². The van der Waals surface area contributed by atoms with Gasteiger partial charge in [-0.3, -0.25) is 5.43 Å². The Hall–Kier alpha value is -0.820. The number of carbonyl (C=O) groups excluding carboxylic acids is 1. The van der Waals surface area contributed by atoms with Gasteiger partial charge < -0.3 is 9.90 Å². The minimum atomic E-state index is -1.20. The second-order valence-corrected chi connectivity index (χ2v) is 3.44. The smallest absolute Gasteiger partial charge is 0.545 e. The molecule has 1 heterocycles. The molecular weight excluding hydrogens is 237 g/mol. The number of thiocarbonyl (C=S) groups is 1. The molecule has 0 aliphatic carbocycles. The topological polar surface area (TPSA) is 76.9 Å². The molecule has 0 spiro atoms. The predicted octanol–water partition coefficient (Wildman–Crippen LogP) is -2.61. The van der Waals surface area contributed by atoms with Crippen LogP contribution in [0.3, 0.4) is 0 Å². The summed E-state index contributed by atoms with van der Waals surface area (Å²) in [6.45, 7) is 0. The number of benzene rings is 1. The van der Waals surface area contributed by atoms with Crippen LogP contribution in [0.15, 0.2) is 34.6 Å². The van der Waals surface area contributed by atoms with Gasteiger partial charge in [-0.05, 0) is 11.1 Å². The number of hydrogen-bond acceptors (Lipinski definition) is 5. The van der Waals surface area contributed by atoms with Crippen molar-refractivity contribution in [2.24, 2.45) is 10.3 Å². The maximum Gasteiger partial charge on any atom is 1.00 e. The van der Waals surface area contributed by atoms with E-state index in [0.717, 1.165) is 5.56 Å². The predicted molar refractivity (Wildman–Crippen MR) is 54.1 cm³/mol. The summed E-state index contributed by atoms with van der Waals surface area (Å²) in [7, 11) is 0. The number of rotatable bonds is 2. The van der Waals surface area contributed by atoms with Gasteiger partial charge in [0, 0.05) is 0 Å². The van der Waals surface area contributed by atoms with Crippen molar-refractivity contribution in [1.82, 2.24) is 5.43 Å². The molecule has 1 aromatic rings. The van der Waals surface area contributed by atoms with Crippen LogP contribution in [0.1, 0.15) is 22.0 Å². The van der Waals surface area contributed by atoms with Crippen LogP contribution in [0, 0.1) is 0 Å². The molecule has 0 amide bonds. The second kappa shape index (κ2) is 5.49. The third kappa shape index (κ3) is 2.65. The summed E-state index contributed by atoms with van der Waals surface area (Å²) in [6, 6.07) is 5.90. The van der Waals surface area contributed by atoms with E-state index in [1.54, 1.807) is 12.1 Å². The van der Waals surface area contributed by atoms with Crippen LogP contribution in [-0.4, -0.2) is 11.0 Å². The SMILES string of the molecule is O=C([O-])c1ccc(C2N=NNC2=S)cc1.[Na+]. The molecule has 1 aliphatic rings. The summed E-state index contributed by atoms with van der Waals surface area (Å²) in [5.41, 5.74) is 3.50. The van der Waals surface area contributed by atoms with Gasteiger partial charge >= 0.3 is 29.6 Å². The van der Waals surface area contributed by atoms with Crippen molar-refractivity contribution in [2.75, 3.05) is 0 Å². The Bertz CT molecular complexity index is 447. The summed E-state index contributed by atoms with van der Waals surface area (Å²) in [5.74, 6) is -1.20. The largest absolute Gasteiger partial charge is 1.00 e. The zero-order valence-electron chi connectivity index (χ0n) is 8.51. The van der Waals surface area contributed by atoms with Crippen molar-refractivity contribution < 1.29 is 39.5 Å². The molecule has 0 saturated heterocycles. The van der Waals surface area contributed by atoms with E-state index in [1.807, 2.05) is 0 Å². The van der Waals surface area contributed by atoms with Crippen LogP contribution in [0.2, 0.25) is 0 Å². The van der Waals surface area contributed by atoms with E-state index >= 15 is 0 Å². The molecule has 1 aromatic carbocycles. The number of carbonyl (C=O) groups is 1. The number of hydrogen-bond donors (Lipinski definition) is 1. The van der Waals surface area contributed by atoms with Gasteiger partial charge in [-0.15, -0.1) is 0 Å². The molecule has 1 N–H and O–H groups in total. The summed E-state index contributed by atoms with van der Waals surface area (Å²) in [4.78, 5) is 11.0. The van der Waals surface area contributed by atoms with Crippen LogP contribution < -0.4 is 40.1 Å². The first kappa shape index (κ1) is 13.2. The fourth-order valence-corrected chi connectivity index (χ4v) is 1.49. The standard InChI is InChI=1S/C9H7N3O2S.Na/c13-9(14)6-3-1-5(2-4-6)7-8(15)11-12-10-7;/h1-4,7H,(H,13,14)(H,10,11,15);/q;+1/p-1. The van der Waals surface area contributed by atoms with Crippen LogP contribution in [0.4, 0.5) is 0 Å². The van der Waals surface area contributed by atoms with Crippen LogP contribution in [0.25, 0.3) is 0 Å². The third-order valence-corrected chi connectivity index (χ3v) is 2.36. The number of carboxylic acid groups (broad SMARTS) is 1. The molecule has 7 heteroatoms. The first-order chi connectivity index (χ1) is 7.18. The number of aromatic carboxylic acids is 1. The molecule has 16 heavy (non-hydrogen) atoms. The molecule has 2 rings (SSSR count). The Balaban J connectivity index is 0.00000128. The molecule has 0 fully saturated rings. The molecule has 0 bridgehead atoms. The van der Waals surface area contributed by atoms with Gasteiger partial charge in [-0.25, -0.2) is 0 Å². The minimum absolute atomic E-state index is 0. The Morgan fingerprint density at radius 2 is 2.00 bits per heavy atom. The van der Waals surface area contributed by atoms with Crippen molar-refractivity contribution in [3.63, 3.8) is 0 Å². The molecule has 1 unspecified atom stereocenters. The molecule has 0 aromatic heterocycles. The van der Waals surface area contributed by atoms with Gasteiger partial charge in [0.15, 0.2) is 0 Å². The monoisotopic (exact) mass is 243 g/mol. The van der Waals surface area contributed by atoms with E-state index in [9.17, 15) is 9.90 Å². The molecule has 1 atom stereocenters. The van der Waals surface area contributed by atoms with Gasteiger partial charge in [-0.2, -0.15) is 5.11 Å². The quantitative estimate of drug-likeness (QED) is 0.456. The molecular formula is C9H6N3NaO2S. The van der Waals surface area contributed by atoms with E-state index in [1.165, 1.54) is 12.1 Å². The average molecular weight is 243 g/mol. The summed E-state index contributed by atoms with van der Waals surface area (Å²) in [6.07, 6.45) is 0. The third-order valence-electron chi connectivity index (χ3n) is 2.04. The number of carboxylic acids is 1. The molecule has 0 radical (unpaired) electrons. The van der Waals surface area contributed by atoms with E-state index < -0.39 is 5.97 Å².